The topological polar surface area (TPSA) is 102 Å². The normalized spacial score (nSPS) is 20.2. The molecule has 4 heterocycles. The fraction of sp³-hybridized carbons (Fsp3) is 0.250. The van der Waals surface area contributed by atoms with Crippen LogP contribution in [0.25, 0.3) is 32.9 Å². The highest BCUT2D eigenvalue weighted by atomic mass is 16.5. The van der Waals surface area contributed by atoms with Crippen LogP contribution in [0, 0.1) is 0 Å². The molecule has 1 fully saturated rings. The largest absolute Gasteiger partial charge is 0.380 e. The first-order valence-corrected chi connectivity index (χ1v) is 9.07. The molecule has 4 aromatic rings. The maximum Gasteiger partial charge on any atom is 0.223 e. The summed E-state index contributed by atoms with van der Waals surface area (Å²) in [6.07, 6.45) is 8.30. The molecule has 2 unspecified atom stereocenters. The molecule has 3 aromatic heterocycles. The molecule has 136 valence electrons. The van der Waals surface area contributed by atoms with Gasteiger partial charge in [0.1, 0.15) is 0 Å². The lowest BCUT2D eigenvalue weighted by molar-refractivity contribution is 0.0751. The average Bonchev–Trinajstić information content (AvgIpc) is 3.13. The molecule has 0 amide bonds. The summed E-state index contributed by atoms with van der Waals surface area (Å²) < 4.78 is 5.41. The van der Waals surface area contributed by atoms with E-state index in [1.807, 2.05) is 24.5 Å². The predicted molar refractivity (Wildman–Crippen MR) is 105 cm³/mol. The van der Waals surface area contributed by atoms with E-state index in [2.05, 4.69) is 32.4 Å². The van der Waals surface area contributed by atoms with E-state index in [4.69, 9.17) is 15.5 Å². The summed E-state index contributed by atoms with van der Waals surface area (Å²) in [4.78, 5) is 17.0. The number of H-pyrrole nitrogens is 1. The first-order valence-electron chi connectivity index (χ1n) is 9.07. The number of nitrogens with one attached hydrogen (secondary N) is 2. The van der Waals surface area contributed by atoms with Crippen LogP contribution in [-0.2, 0) is 4.74 Å². The Balaban J connectivity index is 1.59. The summed E-state index contributed by atoms with van der Waals surface area (Å²) in [7, 11) is 0. The monoisotopic (exact) mass is 360 g/mol. The molecule has 0 bridgehead atoms. The fourth-order valence-corrected chi connectivity index (χ4v) is 3.62. The van der Waals surface area contributed by atoms with Crippen molar-refractivity contribution >= 4 is 27.8 Å². The lowest BCUT2D eigenvalue weighted by Crippen LogP contribution is -2.47. The number of rotatable bonds is 3. The van der Waals surface area contributed by atoms with Crippen molar-refractivity contribution in [3.8, 4) is 11.1 Å². The summed E-state index contributed by atoms with van der Waals surface area (Å²) in [5, 5.41) is 5.42. The Hall–Kier alpha value is -3.03. The van der Waals surface area contributed by atoms with Crippen LogP contribution >= 0.6 is 0 Å². The van der Waals surface area contributed by atoms with Gasteiger partial charge < -0.3 is 20.8 Å². The highest BCUT2D eigenvalue weighted by Crippen LogP contribution is 2.32. The molecule has 1 aliphatic heterocycles. The molecular weight excluding hydrogens is 340 g/mol. The lowest BCUT2D eigenvalue weighted by atomic mass is 10.0. The van der Waals surface area contributed by atoms with Crippen molar-refractivity contribution in [2.24, 2.45) is 5.73 Å². The van der Waals surface area contributed by atoms with E-state index >= 15 is 0 Å². The molecule has 4 N–H and O–H groups in total. The van der Waals surface area contributed by atoms with Gasteiger partial charge in [-0.25, -0.2) is 9.97 Å². The van der Waals surface area contributed by atoms with Crippen LogP contribution < -0.4 is 11.1 Å². The number of nitrogens with two attached hydrogens (primary N) is 1. The summed E-state index contributed by atoms with van der Waals surface area (Å²) in [6, 6.07) is 8.25. The Morgan fingerprint density at radius 1 is 1.15 bits per heavy atom. The Kier molecular flexibility index (Phi) is 3.95. The van der Waals surface area contributed by atoms with E-state index in [0.717, 1.165) is 39.4 Å². The van der Waals surface area contributed by atoms with E-state index in [9.17, 15) is 0 Å². The molecule has 2 atom stereocenters. The Morgan fingerprint density at radius 2 is 2.07 bits per heavy atom. The van der Waals surface area contributed by atoms with Gasteiger partial charge in [-0.1, -0.05) is 18.2 Å². The molecule has 0 saturated carbocycles. The molecule has 7 nitrogen and oxygen atoms in total. The molecule has 1 aliphatic rings. The number of pyridine rings is 1. The third-order valence-corrected chi connectivity index (χ3v) is 5.08. The lowest BCUT2D eigenvalue weighted by Gasteiger charge is -2.29. The van der Waals surface area contributed by atoms with Gasteiger partial charge in [0.15, 0.2) is 0 Å². The number of para-hydroxylation sites is 1. The van der Waals surface area contributed by atoms with Crippen LogP contribution in [0.15, 0.2) is 49.1 Å². The van der Waals surface area contributed by atoms with Crippen LogP contribution in [0.1, 0.15) is 6.42 Å². The molecule has 1 saturated heterocycles. The third kappa shape index (κ3) is 2.90. The minimum atomic E-state index is -0.0661. The number of nitrogens with zero attached hydrogens (tertiary/aromatic N) is 3. The molecule has 27 heavy (non-hydrogen) atoms. The Bertz CT molecular complexity index is 1110. The summed E-state index contributed by atoms with van der Waals surface area (Å²) in [5.41, 5.74) is 10.2. The minimum absolute atomic E-state index is 0.0661. The van der Waals surface area contributed by atoms with Gasteiger partial charge in [0.25, 0.3) is 0 Å². The highest BCUT2D eigenvalue weighted by Gasteiger charge is 2.23. The van der Waals surface area contributed by atoms with Crippen LogP contribution in [0.3, 0.4) is 0 Å². The second-order valence-electron chi connectivity index (χ2n) is 6.84. The van der Waals surface area contributed by atoms with Crippen molar-refractivity contribution in [2.45, 2.75) is 18.5 Å². The van der Waals surface area contributed by atoms with Gasteiger partial charge in [-0.3, -0.25) is 4.98 Å². The SMILES string of the molecule is NC1COCCC1Nc1ncc2cncc(-c3c[nH]c4ccccc34)c2n1. The second kappa shape index (κ2) is 6.61. The molecule has 7 heteroatoms. The van der Waals surface area contributed by atoms with Crippen molar-refractivity contribution in [1.29, 1.82) is 0 Å². The number of hydrogen-bond donors (Lipinski definition) is 3. The smallest absolute Gasteiger partial charge is 0.223 e. The van der Waals surface area contributed by atoms with Crippen LogP contribution in [0.2, 0.25) is 0 Å². The first kappa shape index (κ1) is 16.2. The zero-order valence-corrected chi connectivity index (χ0v) is 14.7. The number of aromatic nitrogens is 4. The van der Waals surface area contributed by atoms with Gasteiger partial charge in [0.05, 0.1) is 12.1 Å². The third-order valence-electron chi connectivity index (χ3n) is 5.08. The second-order valence-corrected chi connectivity index (χ2v) is 6.84. The van der Waals surface area contributed by atoms with Gasteiger partial charge in [0.2, 0.25) is 5.95 Å². The number of fused-ring (bicyclic) bond motifs is 2. The minimum Gasteiger partial charge on any atom is -0.380 e. The number of benzene rings is 1. The standard InChI is InChI=1S/C20H20N6O/c21-16-11-27-6-5-18(16)25-20-24-8-12-7-22-9-15(19(12)26-20)14-10-23-17-4-2-1-3-13(14)17/h1-4,7-10,16,18,23H,5-6,11,21H2,(H,24,25,26). The van der Waals surface area contributed by atoms with Gasteiger partial charge in [-0.15, -0.1) is 0 Å². The van der Waals surface area contributed by atoms with Crippen LogP contribution in [0.5, 0.6) is 0 Å². The van der Waals surface area contributed by atoms with Gasteiger partial charge in [-0.05, 0) is 12.5 Å². The Labute approximate surface area is 156 Å². The van der Waals surface area contributed by atoms with E-state index in [0.29, 0.717) is 19.2 Å². The molecule has 1 aromatic carbocycles. The van der Waals surface area contributed by atoms with Crippen LogP contribution in [0.4, 0.5) is 5.95 Å². The molecular formula is C20H20N6O. The predicted octanol–water partition coefficient (Wildman–Crippen LogP) is 2.70. The summed E-state index contributed by atoms with van der Waals surface area (Å²) in [6.45, 7) is 1.25. The maximum absolute atomic E-state index is 6.15. The van der Waals surface area contributed by atoms with Crippen molar-refractivity contribution in [3.05, 3.63) is 49.1 Å². The van der Waals surface area contributed by atoms with Gasteiger partial charge in [-0.2, -0.15) is 0 Å². The van der Waals surface area contributed by atoms with Crippen molar-refractivity contribution in [1.82, 2.24) is 19.9 Å². The number of hydrogen-bond acceptors (Lipinski definition) is 6. The fourth-order valence-electron chi connectivity index (χ4n) is 3.62. The zero-order chi connectivity index (χ0) is 18.2. The quantitative estimate of drug-likeness (QED) is 0.519. The van der Waals surface area contributed by atoms with E-state index in [-0.39, 0.29) is 12.1 Å². The van der Waals surface area contributed by atoms with E-state index < -0.39 is 0 Å². The molecule has 0 spiro atoms. The summed E-state index contributed by atoms with van der Waals surface area (Å²) in [5.74, 6) is 0.581. The van der Waals surface area contributed by atoms with Crippen molar-refractivity contribution < 1.29 is 4.74 Å². The number of ether oxygens (including phenoxy) is 1. The summed E-state index contributed by atoms with van der Waals surface area (Å²) >= 11 is 0. The first-order chi connectivity index (χ1) is 13.3. The maximum atomic E-state index is 6.15. The number of anilines is 1. The number of aromatic amines is 1. The Morgan fingerprint density at radius 3 is 3.00 bits per heavy atom. The van der Waals surface area contributed by atoms with Crippen LogP contribution in [-0.4, -0.2) is 45.2 Å². The van der Waals surface area contributed by atoms with Gasteiger partial charge in [0, 0.05) is 70.9 Å². The van der Waals surface area contributed by atoms with Crippen molar-refractivity contribution in [2.75, 3.05) is 18.5 Å². The average molecular weight is 360 g/mol. The zero-order valence-electron chi connectivity index (χ0n) is 14.7. The highest BCUT2D eigenvalue weighted by molar-refractivity contribution is 6.03. The molecule has 0 radical (unpaired) electrons. The van der Waals surface area contributed by atoms with E-state index in [1.54, 1.807) is 12.4 Å². The van der Waals surface area contributed by atoms with Crippen molar-refractivity contribution in [3.63, 3.8) is 0 Å². The molecule has 0 aliphatic carbocycles. The van der Waals surface area contributed by atoms with E-state index in [1.165, 1.54) is 0 Å². The molecule has 5 rings (SSSR count). The van der Waals surface area contributed by atoms with Gasteiger partial charge >= 0.3 is 0 Å².